The van der Waals surface area contributed by atoms with Crippen molar-refractivity contribution in [1.29, 1.82) is 0 Å². The van der Waals surface area contributed by atoms with Gasteiger partial charge in [0.25, 0.3) is 0 Å². The van der Waals surface area contributed by atoms with E-state index in [0.717, 1.165) is 27.7 Å². The summed E-state index contributed by atoms with van der Waals surface area (Å²) < 4.78 is 39.4. The zero-order chi connectivity index (χ0) is 21.7. The van der Waals surface area contributed by atoms with E-state index in [0.29, 0.717) is 5.13 Å². The molecule has 0 saturated carbocycles. The lowest BCUT2D eigenvalue weighted by molar-refractivity contribution is -0.118. The number of likely N-dealkylation sites (N-methyl/N-ethyl adjacent to an activating group) is 1. The quantitative estimate of drug-likeness (QED) is 0.495. The van der Waals surface area contributed by atoms with Gasteiger partial charge in [0, 0.05) is 24.5 Å². The zero-order valence-electron chi connectivity index (χ0n) is 16.2. The van der Waals surface area contributed by atoms with Gasteiger partial charge in [-0.1, -0.05) is 36.4 Å². The molecule has 0 atom stereocenters. The first-order valence-corrected chi connectivity index (χ1v) is 11.3. The van der Waals surface area contributed by atoms with Crippen molar-refractivity contribution in [3.05, 3.63) is 78.4 Å². The molecular formula is C21H20FN3O3S2. The molecule has 0 saturated heterocycles. The highest BCUT2D eigenvalue weighted by atomic mass is 32.2. The van der Waals surface area contributed by atoms with Crippen molar-refractivity contribution in [1.82, 2.24) is 9.29 Å². The van der Waals surface area contributed by atoms with Crippen molar-refractivity contribution in [3.63, 3.8) is 0 Å². The number of thiazole rings is 1. The molecule has 3 aromatic rings. The predicted molar refractivity (Wildman–Crippen MR) is 116 cm³/mol. The Morgan fingerprint density at radius 2 is 1.83 bits per heavy atom. The first-order chi connectivity index (χ1) is 14.3. The lowest BCUT2D eigenvalue weighted by Gasteiger charge is -2.22. The Labute approximate surface area is 179 Å². The molecule has 9 heteroatoms. The second-order valence-corrected chi connectivity index (χ2v) is 9.27. The summed E-state index contributed by atoms with van der Waals surface area (Å²) in [4.78, 5) is 18.7. The van der Waals surface area contributed by atoms with Gasteiger partial charge < -0.3 is 0 Å². The fraction of sp³-hybridized carbons (Fsp3) is 0.143. The summed E-state index contributed by atoms with van der Waals surface area (Å²) in [5.41, 5.74) is 1.65. The van der Waals surface area contributed by atoms with E-state index in [9.17, 15) is 17.6 Å². The van der Waals surface area contributed by atoms with E-state index in [1.165, 1.54) is 35.4 Å². The summed E-state index contributed by atoms with van der Waals surface area (Å²) in [6.45, 7) is 3.46. The van der Waals surface area contributed by atoms with Crippen molar-refractivity contribution >= 4 is 32.4 Å². The largest absolute Gasteiger partial charge is 0.283 e. The normalized spacial score (nSPS) is 11.4. The maximum atomic E-state index is 13.1. The molecule has 2 aromatic carbocycles. The first-order valence-electron chi connectivity index (χ1n) is 8.97. The smallest absolute Gasteiger partial charge is 0.244 e. The maximum absolute atomic E-state index is 13.1. The summed E-state index contributed by atoms with van der Waals surface area (Å²) in [6, 6.07) is 14.0. The van der Waals surface area contributed by atoms with Crippen LogP contribution in [-0.2, 0) is 14.8 Å². The fourth-order valence-electron chi connectivity index (χ4n) is 2.69. The summed E-state index contributed by atoms with van der Waals surface area (Å²) in [5, 5.41) is 2.29. The van der Waals surface area contributed by atoms with Crippen molar-refractivity contribution < 1.29 is 17.6 Å². The van der Waals surface area contributed by atoms with Crippen molar-refractivity contribution in [2.24, 2.45) is 0 Å². The Balaban J connectivity index is 1.79. The molecule has 0 aliphatic carbocycles. The Morgan fingerprint density at radius 1 is 1.17 bits per heavy atom. The van der Waals surface area contributed by atoms with Gasteiger partial charge in [-0.2, -0.15) is 4.31 Å². The molecule has 0 aliphatic heterocycles. The molecule has 0 fully saturated rings. The number of anilines is 1. The number of carbonyl (C=O) groups excluding carboxylic acids is 1. The Hall–Kier alpha value is -2.88. The van der Waals surface area contributed by atoms with Crippen LogP contribution in [0.4, 0.5) is 9.52 Å². The number of benzene rings is 2. The molecular weight excluding hydrogens is 425 g/mol. The van der Waals surface area contributed by atoms with Crippen molar-refractivity contribution in [2.45, 2.75) is 4.90 Å². The van der Waals surface area contributed by atoms with E-state index in [-0.39, 0.29) is 11.4 Å². The van der Waals surface area contributed by atoms with Crippen LogP contribution in [0.25, 0.3) is 11.3 Å². The second-order valence-electron chi connectivity index (χ2n) is 6.39. The van der Waals surface area contributed by atoms with E-state index in [4.69, 9.17) is 0 Å². The van der Waals surface area contributed by atoms with Crippen LogP contribution in [0.15, 0.2) is 77.5 Å². The lowest BCUT2D eigenvalue weighted by Crippen LogP contribution is -2.41. The molecule has 1 amide bonds. The fourth-order valence-corrected chi connectivity index (χ4v) is 4.67. The second kappa shape index (κ2) is 9.29. The predicted octanol–water partition coefficient (Wildman–Crippen LogP) is 3.79. The van der Waals surface area contributed by atoms with Crippen LogP contribution in [0.2, 0.25) is 0 Å². The van der Waals surface area contributed by atoms with Crippen molar-refractivity contribution in [2.75, 3.05) is 25.0 Å². The van der Waals surface area contributed by atoms with E-state index in [2.05, 4.69) is 11.6 Å². The van der Waals surface area contributed by atoms with Crippen LogP contribution >= 0.6 is 11.3 Å². The van der Waals surface area contributed by atoms with Gasteiger partial charge in [-0.05, 0) is 24.3 Å². The lowest BCUT2D eigenvalue weighted by atomic mass is 10.2. The highest BCUT2D eigenvalue weighted by Gasteiger charge is 2.26. The number of hydrogen-bond acceptors (Lipinski definition) is 5. The van der Waals surface area contributed by atoms with E-state index in [1.807, 2.05) is 35.7 Å². The van der Waals surface area contributed by atoms with E-state index >= 15 is 0 Å². The Morgan fingerprint density at radius 3 is 2.47 bits per heavy atom. The molecule has 0 spiro atoms. The SMILES string of the molecule is C=CCN(C(=O)CN(C)S(=O)(=O)c1ccc(F)cc1)c1nc(-c2ccccc2)cs1. The van der Waals surface area contributed by atoms with Crippen LogP contribution in [0, 0.1) is 5.82 Å². The highest BCUT2D eigenvalue weighted by molar-refractivity contribution is 7.89. The van der Waals surface area contributed by atoms with Crippen LogP contribution < -0.4 is 4.90 Å². The van der Waals surface area contributed by atoms with E-state index < -0.39 is 28.3 Å². The molecule has 0 radical (unpaired) electrons. The maximum Gasteiger partial charge on any atom is 0.244 e. The monoisotopic (exact) mass is 445 g/mol. The molecule has 3 rings (SSSR count). The third kappa shape index (κ3) is 4.81. The van der Waals surface area contributed by atoms with Crippen LogP contribution in [0.3, 0.4) is 0 Å². The number of sulfonamides is 1. The van der Waals surface area contributed by atoms with Gasteiger partial charge in [-0.3, -0.25) is 9.69 Å². The van der Waals surface area contributed by atoms with Gasteiger partial charge >= 0.3 is 0 Å². The first kappa shape index (κ1) is 21.8. The molecule has 0 aliphatic rings. The number of nitrogens with zero attached hydrogens (tertiary/aromatic N) is 3. The number of halogens is 1. The van der Waals surface area contributed by atoms with Crippen LogP contribution in [-0.4, -0.2) is 43.8 Å². The van der Waals surface area contributed by atoms with E-state index in [1.54, 1.807) is 6.08 Å². The summed E-state index contributed by atoms with van der Waals surface area (Å²) >= 11 is 1.29. The molecule has 0 bridgehead atoms. The topological polar surface area (TPSA) is 70.6 Å². The number of rotatable bonds is 8. The van der Waals surface area contributed by atoms with Gasteiger partial charge in [0.15, 0.2) is 5.13 Å². The minimum absolute atomic E-state index is 0.0879. The standard InChI is InChI=1S/C21H20FN3O3S2/c1-3-13-25(21-23-19(15-29-21)16-7-5-4-6-8-16)20(26)14-24(2)30(27,28)18-11-9-17(22)10-12-18/h3-12,15H,1,13-14H2,2H3. The number of amides is 1. The minimum Gasteiger partial charge on any atom is -0.283 e. The molecule has 156 valence electrons. The van der Waals surface area contributed by atoms with Gasteiger partial charge in [0.2, 0.25) is 15.9 Å². The summed E-state index contributed by atoms with van der Waals surface area (Å²) in [7, 11) is -2.64. The van der Waals surface area contributed by atoms with Crippen molar-refractivity contribution in [3.8, 4) is 11.3 Å². The molecule has 30 heavy (non-hydrogen) atoms. The minimum atomic E-state index is -3.94. The Kier molecular flexibility index (Phi) is 6.76. The number of aromatic nitrogens is 1. The molecule has 0 N–H and O–H groups in total. The number of hydrogen-bond donors (Lipinski definition) is 0. The average molecular weight is 446 g/mol. The highest BCUT2D eigenvalue weighted by Crippen LogP contribution is 2.27. The summed E-state index contributed by atoms with van der Waals surface area (Å²) in [6.07, 6.45) is 1.55. The Bertz CT molecular complexity index is 1130. The van der Waals surface area contributed by atoms with Gasteiger partial charge in [-0.15, -0.1) is 17.9 Å². The van der Waals surface area contributed by atoms with Gasteiger partial charge in [0.05, 0.1) is 17.1 Å². The zero-order valence-corrected chi connectivity index (χ0v) is 17.9. The molecule has 1 aromatic heterocycles. The summed E-state index contributed by atoms with van der Waals surface area (Å²) in [5.74, 6) is -0.986. The third-order valence-electron chi connectivity index (χ3n) is 4.28. The molecule has 0 unspecified atom stereocenters. The van der Waals surface area contributed by atoms with Gasteiger partial charge in [-0.25, -0.2) is 17.8 Å². The molecule has 1 heterocycles. The van der Waals surface area contributed by atoms with Crippen LogP contribution in [0.1, 0.15) is 0 Å². The molecule has 6 nitrogen and oxygen atoms in total. The third-order valence-corrected chi connectivity index (χ3v) is 6.97. The van der Waals surface area contributed by atoms with Gasteiger partial charge in [0.1, 0.15) is 5.82 Å². The number of carbonyl (C=O) groups is 1. The van der Waals surface area contributed by atoms with Crippen LogP contribution in [0.5, 0.6) is 0 Å². The average Bonchev–Trinajstić information content (AvgIpc) is 3.22.